The Morgan fingerprint density at radius 1 is 1.20 bits per heavy atom. The van der Waals surface area contributed by atoms with Gasteiger partial charge in [0.1, 0.15) is 5.75 Å². The predicted octanol–water partition coefficient (Wildman–Crippen LogP) is 5.93. The van der Waals surface area contributed by atoms with Crippen LogP contribution < -0.4 is 4.74 Å². The summed E-state index contributed by atoms with van der Waals surface area (Å²) in [7, 11) is 1.63. The average Bonchev–Trinajstić information content (AvgIpc) is 2.39. The summed E-state index contributed by atoms with van der Waals surface area (Å²) in [6.45, 7) is 1.96. The third kappa shape index (κ3) is 3.62. The van der Waals surface area contributed by atoms with Crippen molar-refractivity contribution >= 4 is 55.4 Å². The summed E-state index contributed by atoms with van der Waals surface area (Å²) in [5.41, 5.74) is 2.72. The van der Waals surface area contributed by atoms with Crippen LogP contribution in [0.2, 0.25) is 5.02 Å². The van der Waals surface area contributed by atoms with Crippen molar-refractivity contribution in [2.24, 2.45) is 4.99 Å². The van der Waals surface area contributed by atoms with E-state index in [0.717, 1.165) is 31.5 Å². The number of benzene rings is 2. The summed E-state index contributed by atoms with van der Waals surface area (Å²) >= 11 is 13.0. The molecule has 0 aliphatic heterocycles. The van der Waals surface area contributed by atoms with E-state index in [1.54, 1.807) is 13.3 Å². The molecular formula is C15H12Br2ClNO. The molecule has 0 radical (unpaired) electrons. The highest BCUT2D eigenvalue weighted by Crippen LogP contribution is 2.32. The Balaban J connectivity index is 2.38. The summed E-state index contributed by atoms with van der Waals surface area (Å²) in [6, 6.07) is 9.59. The number of methoxy groups -OCH3 is 1. The minimum absolute atomic E-state index is 0.710. The fourth-order valence-corrected chi connectivity index (χ4v) is 3.29. The molecule has 0 N–H and O–H groups in total. The van der Waals surface area contributed by atoms with E-state index in [1.165, 1.54) is 0 Å². The second kappa shape index (κ2) is 6.74. The monoisotopic (exact) mass is 415 g/mol. The Morgan fingerprint density at radius 3 is 2.60 bits per heavy atom. The van der Waals surface area contributed by atoms with Gasteiger partial charge in [-0.25, -0.2) is 0 Å². The van der Waals surface area contributed by atoms with Crippen molar-refractivity contribution in [3.05, 3.63) is 55.4 Å². The van der Waals surface area contributed by atoms with Crippen molar-refractivity contribution in [1.29, 1.82) is 0 Å². The fourth-order valence-electron chi connectivity index (χ4n) is 1.70. The van der Waals surface area contributed by atoms with Crippen LogP contribution in [0.5, 0.6) is 5.75 Å². The van der Waals surface area contributed by atoms with Crippen molar-refractivity contribution in [3.63, 3.8) is 0 Å². The van der Waals surface area contributed by atoms with Crippen molar-refractivity contribution in [2.75, 3.05) is 7.11 Å². The van der Waals surface area contributed by atoms with E-state index in [1.807, 2.05) is 37.3 Å². The van der Waals surface area contributed by atoms with Gasteiger partial charge in [-0.15, -0.1) is 0 Å². The van der Waals surface area contributed by atoms with Crippen LogP contribution in [0.1, 0.15) is 11.1 Å². The van der Waals surface area contributed by atoms with Crippen LogP contribution in [-0.4, -0.2) is 13.3 Å². The molecule has 0 aliphatic carbocycles. The van der Waals surface area contributed by atoms with Crippen molar-refractivity contribution in [1.82, 2.24) is 0 Å². The molecule has 2 aromatic carbocycles. The molecule has 0 atom stereocenters. The molecule has 0 fully saturated rings. The van der Waals surface area contributed by atoms with Gasteiger partial charge in [-0.2, -0.15) is 0 Å². The first-order chi connectivity index (χ1) is 9.51. The summed E-state index contributed by atoms with van der Waals surface area (Å²) < 4.78 is 7.20. The largest absolute Gasteiger partial charge is 0.495 e. The number of halogens is 3. The molecule has 104 valence electrons. The summed E-state index contributed by atoms with van der Waals surface area (Å²) in [4.78, 5) is 4.44. The van der Waals surface area contributed by atoms with Crippen LogP contribution in [-0.2, 0) is 0 Å². The standard InChI is InChI=1S/C15H12Br2ClNO/c1-9-3-4-12(7-14(9)18)19-8-10-5-11(16)6-13(17)15(10)20-2/h3-8H,1-2H3. The zero-order chi connectivity index (χ0) is 14.7. The Bertz CT molecular complexity index is 671. The molecule has 0 aromatic heterocycles. The highest BCUT2D eigenvalue weighted by molar-refractivity contribution is 9.11. The minimum Gasteiger partial charge on any atom is -0.495 e. The summed E-state index contributed by atoms with van der Waals surface area (Å²) in [5.74, 6) is 0.746. The highest BCUT2D eigenvalue weighted by atomic mass is 79.9. The van der Waals surface area contributed by atoms with Gasteiger partial charge in [0.2, 0.25) is 0 Å². The normalized spacial score (nSPS) is 11.1. The molecule has 0 spiro atoms. The number of ether oxygens (including phenoxy) is 1. The Morgan fingerprint density at radius 2 is 1.95 bits per heavy atom. The number of aryl methyl sites for hydroxylation is 1. The van der Waals surface area contributed by atoms with Crippen LogP contribution in [0.3, 0.4) is 0 Å². The van der Waals surface area contributed by atoms with Crippen LogP contribution in [0.15, 0.2) is 44.3 Å². The molecule has 0 unspecified atom stereocenters. The zero-order valence-corrected chi connectivity index (χ0v) is 14.9. The molecule has 2 rings (SSSR count). The predicted molar refractivity (Wildman–Crippen MR) is 91.8 cm³/mol. The van der Waals surface area contributed by atoms with Crippen molar-refractivity contribution < 1.29 is 4.74 Å². The second-order valence-corrected chi connectivity index (χ2v) is 6.38. The average molecular weight is 418 g/mol. The van der Waals surface area contributed by atoms with E-state index in [9.17, 15) is 0 Å². The van der Waals surface area contributed by atoms with E-state index in [4.69, 9.17) is 16.3 Å². The lowest BCUT2D eigenvalue weighted by Crippen LogP contribution is -1.92. The number of hydrogen-bond acceptors (Lipinski definition) is 2. The smallest absolute Gasteiger partial charge is 0.141 e. The van der Waals surface area contributed by atoms with Gasteiger partial charge in [-0.1, -0.05) is 33.6 Å². The van der Waals surface area contributed by atoms with Gasteiger partial charge in [-0.05, 0) is 52.7 Å². The first kappa shape index (κ1) is 15.5. The molecule has 5 heteroatoms. The number of rotatable bonds is 3. The van der Waals surface area contributed by atoms with Crippen LogP contribution in [0.25, 0.3) is 0 Å². The number of hydrogen-bond donors (Lipinski definition) is 0. The topological polar surface area (TPSA) is 21.6 Å². The Hall–Kier alpha value is -0.840. The first-order valence-corrected chi connectivity index (χ1v) is 7.81. The van der Waals surface area contributed by atoms with Gasteiger partial charge < -0.3 is 4.74 Å². The van der Waals surface area contributed by atoms with Crippen molar-refractivity contribution in [3.8, 4) is 5.75 Å². The van der Waals surface area contributed by atoms with E-state index < -0.39 is 0 Å². The summed E-state index contributed by atoms with van der Waals surface area (Å²) in [5, 5.41) is 0.710. The van der Waals surface area contributed by atoms with Gasteiger partial charge in [0.15, 0.2) is 0 Å². The zero-order valence-electron chi connectivity index (χ0n) is 11.0. The van der Waals surface area contributed by atoms with Crippen LogP contribution in [0, 0.1) is 6.92 Å². The van der Waals surface area contributed by atoms with Gasteiger partial charge in [0, 0.05) is 21.3 Å². The van der Waals surface area contributed by atoms with E-state index in [2.05, 4.69) is 36.9 Å². The Kier molecular flexibility index (Phi) is 5.24. The maximum Gasteiger partial charge on any atom is 0.141 e. The highest BCUT2D eigenvalue weighted by Gasteiger charge is 2.07. The molecule has 20 heavy (non-hydrogen) atoms. The van der Waals surface area contributed by atoms with Gasteiger partial charge >= 0.3 is 0 Å². The maximum atomic E-state index is 6.09. The van der Waals surface area contributed by atoms with E-state index >= 15 is 0 Å². The van der Waals surface area contributed by atoms with E-state index in [0.29, 0.717) is 5.02 Å². The number of nitrogens with zero attached hydrogens (tertiary/aromatic N) is 1. The number of aliphatic imine (C=N–C) groups is 1. The van der Waals surface area contributed by atoms with Crippen molar-refractivity contribution in [2.45, 2.75) is 6.92 Å². The van der Waals surface area contributed by atoms with Crippen LogP contribution >= 0.6 is 43.5 Å². The fraction of sp³-hybridized carbons (Fsp3) is 0.133. The third-order valence-electron chi connectivity index (χ3n) is 2.75. The molecule has 0 amide bonds. The molecule has 0 heterocycles. The first-order valence-electron chi connectivity index (χ1n) is 5.84. The lowest BCUT2D eigenvalue weighted by molar-refractivity contribution is 0.411. The molecule has 2 nitrogen and oxygen atoms in total. The third-order valence-corrected chi connectivity index (χ3v) is 4.20. The molecule has 0 aliphatic rings. The van der Waals surface area contributed by atoms with Gasteiger partial charge in [-0.3, -0.25) is 4.99 Å². The van der Waals surface area contributed by atoms with Gasteiger partial charge in [0.05, 0.1) is 17.3 Å². The van der Waals surface area contributed by atoms with Gasteiger partial charge in [0.25, 0.3) is 0 Å². The Labute approximate surface area is 140 Å². The summed E-state index contributed by atoms with van der Waals surface area (Å²) in [6.07, 6.45) is 1.76. The quantitative estimate of drug-likeness (QED) is 0.567. The molecule has 0 bridgehead atoms. The molecule has 0 saturated heterocycles. The lowest BCUT2D eigenvalue weighted by atomic mass is 10.2. The lowest BCUT2D eigenvalue weighted by Gasteiger charge is -2.07. The second-order valence-electron chi connectivity index (χ2n) is 4.20. The maximum absolute atomic E-state index is 6.09. The molecule has 2 aromatic rings. The van der Waals surface area contributed by atoms with E-state index in [-0.39, 0.29) is 0 Å². The van der Waals surface area contributed by atoms with Crippen LogP contribution in [0.4, 0.5) is 5.69 Å². The molecule has 0 saturated carbocycles. The minimum atomic E-state index is 0.710. The SMILES string of the molecule is COc1c(Br)cc(Br)cc1C=Nc1ccc(C)c(Cl)c1. The molecular weight excluding hydrogens is 405 g/mol.